The molecule has 2 aromatic rings. The molecule has 1 aliphatic rings. The van der Waals surface area contributed by atoms with E-state index in [1.807, 2.05) is 18.2 Å². The van der Waals surface area contributed by atoms with E-state index in [1.165, 1.54) is 4.70 Å². The zero-order valence-electron chi connectivity index (χ0n) is 11.5. The van der Waals surface area contributed by atoms with Crippen LogP contribution >= 0.6 is 11.3 Å². The fourth-order valence-electron chi connectivity index (χ4n) is 2.52. The maximum absolute atomic E-state index is 9.09. The third-order valence-electron chi connectivity index (χ3n) is 3.67. The van der Waals surface area contributed by atoms with Gasteiger partial charge in [-0.15, -0.1) is 0 Å². The molecule has 3 atom stereocenters. The molecule has 5 N–H and O–H groups in total. The van der Waals surface area contributed by atoms with E-state index in [1.54, 1.807) is 11.3 Å². The first kappa shape index (κ1) is 14.2. The van der Waals surface area contributed by atoms with Crippen LogP contribution in [-0.2, 0) is 0 Å². The molecule has 6 nitrogen and oxygen atoms in total. The Labute approximate surface area is 127 Å². The Hall–Kier alpha value is -1.72. The predicted octanol–water partition coefficient (Wildman–Crippen LogP) is 1.39. The summed E-state index contributed by atoms with van der Waals surface area (Å²) in [4.78, 5) is 4.53. The minimum atomic E-state index is -0.280. The van der Waals surface area contributed by atoms with Crippen LogP contribution in [0.15, 0.2) is 24.3 Å². The maximum atomic E-state index is 9.09. The minimum Gasteiger partial charge on any atom is -0.361 e. The van der Waals surface area contributed by atoms with Gasteiger partial charge in [-0.1, -0.05) is 23.5 Å². The van der Waals surface area contributed by atoms with E-state index in [9.17, 15) is 0 Å². The Morgan fingerprint density at radius 1 is 1.38 bits per heavy atom. The molecule has 1 aliphatic heterocycles. The summed E-state index contributed by atoms with van der Waals surface area (Å²) >= 11 is 1.66. The van der Waals surface area contributed by atoms with Crippen molar-refractivity contribution >= 4 is 26.7 Å². The van der Waals surface area contributed by atoms with Gasteiger partial charge < -0.3 is 11.1 Å². The molecule has 21 heavy (non-hydrogen) atoms. The van der Waals surface area contributed by atoms with Crippen LogP contribution in [0.5, 0.6) is 0 Å². The van der Waals surface area contributed by atoms with Gasteiger partial charge in [0.1, 0.15) is 0 Å². The van der Waals surface area contributed by atoms with Crippen LogP contribution in [-0.4, -0.2) is 23.7 Å². The number of benzene rings is 1. The fourth-order valence-corrected chi connectivity index (χ4v) is 3.41. The quantitative estimate of drug-likeness (QED) is 0.623. The summed E-state index contributed by atoms with van der Waals surface area (Å²) in [6.45, 7) is 0.839. The first-order chi connectivity index (χ1) is 10.3. The van der Waals surface area contributed by atoms with Gasteiger partial charge in [-0.3, -0.25) is 5.43 Å². The van der Waals surface area contributed by atoms with Gasteiger partial charge in [0.15, 0.2) is 5.13 Å². The summed E-state index contributed by atoms with van der Waals surface area (Å²) in [5.41, 5.74) is 12.8. The molecule has 7 heteroatoms. The van der Waals surface area contributed by atoms with Crippen molar-refractivity contribution in [1.29, 1.82) is 5.26 Å². The lowest BCUT2D eigenvalue weighted by molar-refractivity contribution is 0.468. The third kappa shape index (κ3) is 3.14. The smallest absolute Gasteiger partial charge is 0.183 e. The van der Waals surface area contributed by atoms with Crippen LogP contribution in [0.25, 0.3) is 10.2 Å². The highest BCUT2D eigenvalue weighted by Crippen LogP contribution is 2.25. The molecule has 1 saturated heterocycles. The second-order valence-corrected chi connectivity index (χ2v) is 6.16. The van der Waals surface area contributed by atoms with Crippen LogP contribution in [0.4, 0.5) is 5.13 Å². The van der Waals surface area contributed by atoms with Gasteiger partial charge in [-0.2, -0.15) is 5.26 Å². The Morgan fingerprint density at radius 2 is 2.24 bits per heavy atom. The van der Waals surface area contributed by atoms with Crippen LogP contribution in [0.3, 0.4) is 0 Å². The van der Waals surface area contributed by atoms with E-state index in [-0.39, 0.29) is 18.1 Å². The molecule has 0 radical (unpaired) electrons. The zero-order valence-corrected chi connectivity index (χ0v) is 12.4. The molecule has 2 heterocycles. The second-order valence-electron chi connectivity index (χ2n) is 5.13. The molecule has 0 aliphatic carbocycles. The normalized spacial score (nSPS) is 25.0. The number of nitrogens with one attached hydrogen (secondary N) is 3. The number of hydrogen-bond donors (Lipinski definition) is 4. The van der Waals surface area contributed by atoms with E-state index in [4.69, 9.17) is 11.0 Å². The van der Waals surface area contributed by atoms with E-state index in [0.29, 0.717) is 0 Å². The molecule has 3 rings (SSSR count). The summed E-state index contributed by atoms with van der Waals surface area (Å²) in [6, 6.07) is 10.5. The van der Waals surface area contributed by atoms with Crippen molar-refractivity contribution in [2.24, 2.45) is 11.7 Å². The molecule has 3 unspecified atom stereocenters. The number of nitrogens with zero attached hydrogens (tertiary/aromatic N) is 2. The SMILES string of the molecule is N#CC1C(N)NNC1CCCNc1nc2ccccc2s1. The number of nitriles is 1. The van der Waals surface area contributed by atoms with Crippen LogP contribution < -0.4 is 21.9 Å². The van der Waals surface area contributed by atoms with Crippen molar-refractivity contribution in [3.05, 3.63) is 24.3 Å². The number of fused-ring (bicyclic) bond motifs is 1. The van der Waals surface area contributed by atoms with Crippen molar-refractivity contribution in [1.82, 2.24) is 15.8 Å². The lowest BCUT2D eigenvalue weighted by atomic mass is 9.97. The first-order valence-corrected chi connectivity index (χ1v) is 7.85. The molecular weight excluding hydrogens is 284 g/mol. The Bertz CT molecular complexity index is 615. The fraction of sp³-hybridized carbons (Fsp3) is 0.429. The highest BCUT2D eigenvalue weighted by Gasteiger charge is 2.32. The summed E-state index contributed by atoms with van der Waals surface area (Å²) in [5, 5.41) is 13.4. The predicted molar refractivity (Wildman–Crippen MR) is 84.5 cm³/mol. The average Bonchev–Trinajstić information content (AvgIpc) is 3.06. The van der Waals surface area contributed by atoms with Gasteiger partial charge in [-0.25, -0.2) is 10.4 Å². The number of aromatic nitrogens is 1. The topological polar surface area (TPSA) is 98.8 Å². The summed E-state index contributed by atoms with van der Waals surface area (Å²) in [7, 11) is 0. The highest BCUT2D eigenvalue weighted by molar-refractivity contribution is 7.22. The number of anilines is 1. The van der Waals surface area contributed by atoms with Gasteiger partial charge >= 0.3 is 0 Å². The van der Waals surface area contributed by atoms with Crippen molar-refractivity contribution in [3.8, 4) is 6.07 Å². The number of thiazole rings is 1. The van der Waals surface area contributed by atoms with Gasteiger partial charge in [0.2, 0.25) is 0 Å². The Balaban J connectivity index is 1.47. The third-order valence-corrected chi connectivity index (χ3v) is 4.66. The average molecular weight is 302 g/mol. The van der Waals surface area contributed by atoms with E-state index >= 15 is 0 Å². The molecule has 0 saturated carbocycles. The number of rotatable bonds is 5. The standard InChI is InChI=1S/C14H18N6S/c15-8-9-10(19-20-13(9)16)5-3-7-17-14-18-11-4-1-2-6-12(11)21-14/h1-2,4,6,9-10,13,19-20H,3,5,7,16H2,(H,17,18). The van der Waals surface area contributed by atoms with Gasteiger partial charge in [0, 0.05) is 12.6 Å². The van der Waals surface area contributed by atoms with E-state index in [2.05, 4.69) is 33.3 Å². The largest absolute Gasteiger partial charge is 0.361 e. The van der Waals surface area contributed by atoms with Crippen LogP contribution in [0.2, 0.25) is 0 Å². The molecule has 0 spiro atoms. The summed E-state index contributed by atoms with van der Waals surface area (Å²) < 4.78 is 1.19. The van der Waals surface area contributed by atoms with Crippen LogP contribution in [0, 0.1) is 17.2 Å². The summed E-state index contributed by atoms with van der Waals surface area (Å²) in [5.74, 6) is -0.174. The molecule has 1 aromatic heterocycles. The van der Waals surface area contributed by atoms with E-state index in [0.717, 1.165) is 30.0 Å². The maximum Gasteiger partial charge on any atom is 0.183 e. The highest BCUT2D eigenvalue weighted by atomic mass is 32.1. The number of nitrogens with two attached hydrogens (primary N) is 1. The molecule has 1 fully saturated rings. The van der Waals surface area contributed by atoms with Crippen molar-refractivity contribution < 1.29 is 0 Å². The Kier molecular flexibility index (Phi) is 4.31. The molecule has 0 amide bonds. The molecule has 0 bridgehead atoms. The number of para-hydroxylation sites is 1. The van der Waals surface area contributed by atoms with Gasteiger partial charge in [0.05, 0.1) is 28.4 Å². The Morgan fingerprint density at radius 3 is 3.05 bits per heavy atom. The molecule has 1 aromatic carbocycles. The lowest BCUT2D eigenvalue weighted by Crippen LogP contribution is -2.38. The van der Waals surface area contributed by atoms with Crippen LogP contribution in [0.1, 0.15) is 12.8 Å². The van der Waals surface area contributed by atoms with Gasteiger partial charge in [0.25, 0.3) is 0 Å². The molecule has 110 valence electrons. The monoisotopic (exact) mass is 302 g/mol. The molecular formula is C14H18N6S. The minimum absolute atomic E-state index is 0.113. The van der Waals surface area contributed by atoms with Crippen molar-refractivity contribution in [3.63, 3.8) is 0 Å². The van der Waals surface area contributed by atoms with E-state index < -0.39 is 0 Å². The second kappa shape index (κ2) is 6.37. The van der Waals surface area contributed by atoms with Crippen molar-refractivity contribution in [2.75, 3.05) is 11.9 Å². The lowest BCUT2D eigenvalue weighted by Gasteiger charge is -2.13. The number of hydrogen-bond acceptors (Lipinski definition) is 7. The van der Waals surface area contributed by atoms with Gasteiger partial charge in [-0.05, 0) is 25.0 Å². The zero-order chi connectivity index (χ0) is 14.7. The first-order valence-electron chi connectivity index (χ1n) is 7.03. The summed E-state index contributed by atoms with van der Waals surface area (Å²) in [6.07, 6.45) is 1.58. The van der Waals surface area contributed by atoms with Crippen molar-refractivity contribution in [2.45, 2.75) is 25.0 Å². The number of hydrazine groups is 1.